The van der Waals surface area contributed by atoms with Crippen LogP contribution in [0, 0.1) is 5.92 Å². The Morgan fingerprint density at radius 2 is 1.84 bits per heavy atom. The van der Waals surface area contributed by atoms with E-state index in [9.17, 15) is 0 Å². The molecular weight excluding hydrogens is 234 g/mol. The van der Waals surface area contributed by atoms with Gasteiger partial charge in [0.05, 0.1) is 0 Å². The van der Waals surface area contributed by atoms with Crippen LogP contribution in [0.1, 0.15) is 40.2 Å². The van der Waals surface area contributed by atoms with Crippen LogP contribution in [-0.4, -0.2) is 30.6 Å². The molecule has 2 nitrogen and oxygen atoms in total. The van der Waals surface area contributed by atoms with E-state index in [1.165, 1.54) is 12.1 Å². The average molecular weight is 261 g/mol. The van der Waals surface area contributed by atoms with E-state index in [0.717, 1.165) is 30.9 Å². The monoisotopic (exact) mass is 261 g/mol. The SMILES string of the molecule is CC(C)[C@H]1CN1CCOc1ccc(C(C)(C)C)cc1. The summed E-state index contributed by atoms with van der Waals surface area (Å²) in [4.78, 5) is 2.48. The van der Waals surface area contributed by atoms with Crippen LogP contribution < -0.4 is 4.74 Å². The maximum Gasteiger partial charge on any atom is 0.119 e. The summed E-state index contributed by atoms with van der Waals surface area (Å²) in [5, 5.41) is 0. The molecule has 2 atom stereocenters. The van der Waals surface area contributed by atoms with Gasteiger partial charge in [0.1, 0.15) is 12.4 Å². The Hall–Kier alpha value is -1.02. The predicted molar refractivity (Wildman–Crippen MR) is 80.8 cm³/mol. The Morgan fingerprint density at radius 1 is 1.21 bits per heavy atom. The molecule has 2 heteroatoms. The van der Waals surface area contributed by atoms with Gasteiger partial charge in [0.25, 0.3) is 0 Å². The maximum absolute atomic E-state index is 5.81. The first-order chi connectivity index (χ1) is 8.88. The Bertz CT molecular complexity index is 402. The van der Waals surface area contributed by atoms with Gasteiger partial charge < -0.3 is 4.74 Å². The Morgan fingerprint density at radius 3 is 2.32 bits per heavy atom. The maximum atomic E-state index is 5.81. The molecule has 1 saturated heterocycles. The molecular formula is C17H27NO. The van der Waals surface area contributed by atoms with Crippen LogP contribution in [-0.2, 0) is 5.41 Å². The summed E-state index contributed by atoms with van der Waals surface area (Å²) in [6.45, 7) is 14.3. The first-order valence-corrected chi connectivity index (χ1v) is 7.35. The van der Waals surface area contributed by atoms with E-state index >= 15 is 0 Å². The second-order valence-electron chi connectivity index (χ2n) is 6.93. The van der Waals surface area contributed by atoms with Crippen molar-refractivity contribution in [1.29, 1.82) is 0 Å². The fourth-order valence-corrected chi connectivity index (χ4v) is 2.41. The number of hydrogen-bond donors (Lipinski definition) is 0. The van der Waals surface area contributed by atoms with Crippen LogP contribution >= 0.6 is 0 Å². The fourth-order valence-electron chi connectivity index (χ4n) is 2.41. The smallest absolute Gasteiger partial charge is 0.119 e. The van der Waals surface area contributed by atoms with Gasteiger partial charge in [-0.1, -0.05) is 46.8 Å². The summed E-state index contributed by atoms with van der Waals surface area (Å²) < 4.78 is 5.81. The van der Waals surface area contributed by atoms with Crippen molar-refractivity contribution in [3.8, 4) is 5.75 Å². The molecule has 2 rings (SSSR count). The number of benzene rings is 1. The normalized spacial score (nSPS) is 22.6. The van der Waals surface area contributed by atoms with Crippen LogP contribution in [0.3, 0.4) is 0 Å². The van der Waals surface area contributed by atoms with E-state index in [0.29, 0.717) is 0 Å². The van der Waals surface area contributed by atoms with Gasteiger partial charge in [0, 0.05) is 19.1 Å². The van der Waals surface area contributed by atoms with E-state index in [1.54, 1.807) is 0 Å². The molecule has 0 saturated carbocycles. The Kier molecular flexibility index (Phi) is 4.19. The van der Waals surface area contributed by atoms with E-state index in [4.69, 9.17) is 4.74 Å². The summed E-state index contributed by atoms with van der Waals surface area (Å²) in [5.74, 6) is 1.75. The van der Waals surface area contributed by atoms with Crippen molar-refractivity contribution in [1.82, 2.24) is 4.90 Å². The molecule has 1 aliphatic rings. The molecule has 106 valence electrons. The van der Waals surface area contributed by atoms with Crippen LogP contribution in [0.4, 0.5) is 0 Å². The fraction of sp³-hybridized carbons (Fsp3) is 0.647. The molecule has 1 aliphatic heterocycles. The van der Waals surface area contributed by atoms with Crippen molar-refractivity contribution in [2.75, 3.05) is 19.7 Å². The number of ether oxygens (including phenoxy) is 1. The van der Waals surface area contributed by atoms with Gasteiger partial charge in [-0.3, -0.25) is 4.90 Å². The van der Waals surface area contributed by atoms with E-state index in [1.807, 2.05) is 0 Å². The predicted octanol–water partition coefficient (Wildman–Crippen LogP) is 3.70. The Labute approximate surface area is 117 Å². The van der Waals surface area contributed by atoms with Crippen LogP contribution in [0.25, 0.3) is 0 Å². The summed E-state index contributed by atoms with van der Waals surface area (Å²) in [6, 6.07) is 9.30. The highest BCUT2D eigenvalue weighted by molar-refractivity contribution is 5.31. The summed E-state index contributed by atoms with van der Waals surface area (Å²) >= 11 is 0. The van der Waals surface area contributed by atoms with Crippen molar-refractivity contribution < 1.29 is 4.74 Å². The minimum absolute atomic E-state index is 0.211. The molecule has 1 aromatic carbocycles. The van der Waals surface area contributed by atoms with Crippen molar-refractivity contribution >= 4 is 0 Å². The molecule has 1 aromatic rings. The van der Waals surface area contributed by atoms with Crippen LogP contribution in [0.5, 0.6) is 5.75 Å². The molecule has 0 aromatic heterocycles. The van der Waals surface area contributed by atoms with Crippen LogP contribution in [0.2, 0.25) is 0 Å². The zero-order chi connectivity index (χ0) is 14.0. The van der Waals surface area contributed by atoms with Gasteiger partial charge in [-0.25, -0.2) is 0 Å². The second-order valence-corrected chi connectivity index (χ2v) is 6.93. The largest absolute Gasteiger partial charge is 0.492 e. The van der Waals surface area contributed by atoms with Gasteiger partial charge in [-0.2, -0.15) is 0 Å². The first kappa shape index (κ1) is 14.4. The highest BCUT2D eigenvalue weighted by atomic mass is 16.5. The molecule has 0 amide bonds. The molecule has 0 aliphatic carbocycles. The topological polar surface area (TPSA) is 12.2 Å². The van der Waals surface area contributed by atoms with Gasteiger partial charge in [0.15, 0.2) is 0 Å². The molecule has 1 heterocycles. The summed E-state index contributed by atoms with van der Waals surface area (Å²) in [6.07, 6.45) is 0. The first-order valence-electron chi connectivity index (χ1n) is 7.35. The number of nitrogens with zero attached hydrogens (tertiary/aromatic N) is 1. The van der Waals surface area contributed by atoms with Gasteiger partial charge in [-0.15, -0.1) is 0 Å². The van der Waals surface area contributed by atoms with E-state index < -0.39 is 0 Å². The molecule has 1 unspecified atom stereocenters. The molecule has 1 fully saturated rings. The molecule has 0 spiro atoms. The molecule has 19 heavy (non-hydrogen) atoms. The third-order valence-corrected chi connectivity index (χ3v) is 3.89. The van der Waals surface area contributed by atoms with E-state index in [2.05, 4.69) is 63.8 Å². The van der Waals surface area contributed by atoms with Crippen molar-refractivity contribution in [3.05, 3.63) is 29.8 Å². The lowest BCUT2D eigenvalue weighted by Crippen LogP contribution is -2.15. The number of hydrogen-bond acceptors (Lipinski definition) is 2. The third-order valence-electron chi connectivity index (χ3n) is 3.89. The molecule has 0 bridgehead atoms. The third kappa shape index (κ3) is 3.97. The molecule has 0 N–H and O–H groups in total. The minimum atomic E-state index is 0.211. The highest BCUT2D eigenvalue weighted by Gasteiger charge is 2.35. The lowest BCUT2D eigenvalue weighted by atomic mass is 9.87. The quantitative estimate of drug-likeness (QED) is 0.749. The standard InChI is InChI=1S/C17H27NO/c1-13(2)16-12-18(16)10-11-19-15-8-6-14(7-9-15)17(3,4)5/h6-9,13,16H,10-12H2,1-5H3/t16-,18?/m1/s1. The van der Waals surface area contributed by atoms with Crippen LogP contribution in [0.15, 0.2) is 24.3 Å². The van der Waals surface area contributed by atoms with Crippen molar-refractivity contribution in [2.24, 2.45) is 5.92 Å². The van der Waals surface area contributed by atoms with Gasteiger partial charge in [0.2, 0.25) is 0 Å². The van der Waals surface area contributed by atoms with Gasteiger partial charge in [-0.05, 0) is 29.0 Å². The lowest BCUT2D eigenvalue weighted by Gasteiger charge is -2.19. The van der Waals surface area contributed by atoms with E-state index in [-0.39, 0.29) is 5.41 Å². The minimum Gasteiger partial charge on any atom is -0.492 e. The summed E-state index contributed by atoms with van der Waals surface area (Å²) in [5.41, 5.74) is 1.56. The number of rotatable bonds is 5. The average Bonchev–Trinajstić information content (AvgIpc) is 3.08. The molecule has 0 radical (unpaired) electrons. The van der Waals surface area contributed by atoms with Crippen molar-refractivity contribution in [3.63, 3.8) is 0 Å². The second kappa shape index (κ2) is 5.54. The zero-order valence-electron chi connectivity index (χ0n) is 12.9. The highest BCUT2D eigenvalue weighted by Crippen LogP contribution is 2.26. The zero-order valence-corrected chi connectivity index (χ0v) is 12.9. The lowest BCUT2D eigenvalue weighted by molar-refractivity contribution is 0.279. The summed E-state index contributed by atoms with van der Waals surface area (Å²) in [7, 11) is 0. The Balaban J connectivity index is 1.75. The van der Waals surface area contributed by atoms with Crippen molar-refractivity contribution in [2.45, 2.75) is 46.1 Å². The van der Waals surface area contributed by atoms with Gasteiger partial charge >= 0.3 is 0 Å².